The Morgan fingerprint density at radius 2 is 1.94 bits per heavy atom. The van der Waals surface area contributed by atoms with Gasteiger partial charge in [-0.15, -0.1) is 0 Å². The summed E-state index contributed by atoms with van der Waals surface area (Å²) in [6, 6.07) is 0. The van der Waals surface area contributed by atoms with Crippen molar-refractivity contribution in [2.24, 2.45) is 5.92 Å². The van der Waals surface area contributed by atoms with Crippen molar-refractivity contribution in [3.8, 4) is 0 Å². The van der Waals surface area contributed by atoms with Crippen LogP contribution in [-0.4, -0.2) is 77.4 Å². The SMILES string of the molecule is Cc1cnc(SCCN2CCOCC2)nc1[C@@H]1CCCN(C(=O)CCC2CCCCC2)C1. The van der Waals surface area contributed by atoms with Gasteiger partial charge in [0.2, 0.25) is 5.91 Å². The average Bonchev–Trinajstić information content (AvgIpc) is 2.85. The molecule has 1 aliphatic carbocycles. The molecule has 3 heterocycles. The van der Waals surface area contributed by atoms with Crippen molar-refractivity contribution in [3.05, 3.63) is 17.5 Å². The fourth-order valence-corrected chi connectivity index (χ4v) is 6.22. The number of thioether (sulfide) groups is 1. The second kappa shape index (κ2) is 12.3. The van der Waals surface area contributed by atoms with Crippen LogP contribution in [0.1, 0.15) is 75.0 Å². The maximum absolute atomic E-state index is 12.9. The van der Waals surface area contributed by atoms with Gasteiger partial charge in [0.25, 0.3) is 0 Å². The minimum absolute atomic E-state index is 0.337. The van der Waals surface area contributed by atoms with Crippen LogP contribution < -0.4 is 0 Å². The lowest BCUT2D eigenvalue weighted by atomic mass is 9.86. The first-order valence-corrected chi connectivity index (χ1v) is 13.7. The molecule has 0 bridgehead atoms. The topological polar surface area (TPSA) is 58.6 Å². The minimum Gasteiger partial charge on any atom is -0.379 e. The van der Waals surface area contributed by atoms with Crippen molar-refractivity contribution in [2.75, 3.05) is 51.7 Å². The van der Waals surface area contributed by atoms with Gasteiger partial charge in [0.15, 0.2) is 5.16 Å². The molecule has 0 radical (unpaired) electrons. The lowest BCUT2D eigenvalue weighted by Gasteiger charge is -2.33. The third-order valence-corrected chi connectivity index (χ3v) is 8.22. The van der Waals surface area contributed by atoms with Crippen LogP contribution >= 0.6 is 11.8 Å². The van der Waals surface area contributed by atoms with E-state index in [1.807, 2.05) is 6.20 Å². The molecule has 3 fully saturated rings. The van der Waals surface area contributed by atoms with Gasteiger partial charge in [0, 0.05) is 57.0 Å². The maximum Gasteiger partial charge on any atom is 0.222 e. The monoisotopic (exact) mass is 460 g/mol. The van der Waals surface area contributed by atoms with E-state index in [1.165, 1.54) is 32.1 Å². The molecule has 178 valence electrons. The van der Waals surface area contributed by atoms with Gasteiger partial charge in [-0.2, -0.15) is 0 Å². The van der Waals surface area contributed by atoms with Gasteiger partial charge in [-0.1, -0.05) is 43.9 Å². The van der Waals surface area contributed by atoms with Crippen molar-refractivity contribution in [2.45, 2.75) is 75.8 Å². The molecule has 2 aliphatic heterocycles. The first kappa shape index (κ1) is 24.0. The molecule has 0 spiro atoms. The molecule has 4 rings (SSSR count). The van der Waals surface area contributed by atoms with E-state index in [0.29, 0.717) is 11.8 Å². The van der Waals surface area contributed by atoms with Crippen molar-refractivity contribution < 1.29 is 9.53 Å². The zero-order valence-electron chi connectivity index (χ0n) is 19.8. The second-order valence-electron chi connectivity index (χ2n) is 9.74. The van der Waals surface area contributed by atoms with Gasteiger partial charge in [-0.05, 0) is 37.7 Å². The highest BCUT2D eigenvalue weighted by molar-refractivity contribution is 7.99. The standard InChI is InChI=1S/C25H40N4O2S/c1-20-18-26-25(32-17-14-28-12-15-31-16-13-28)27-24(20)22-8-5-11-29(19-22)23(30)10-9-21-6-3-2-4-7-21/h18,21-22H,2-17,19H2,1H3/t22-/m1/s1. The number of morpholine rings is 1. The van der Waals surface area contributed by atoms with E-state index >= 15 is 0 Å². The van der Waals surface area contributed by atoms with Gasteiger partial charge in [0.05, 0.1) is 18.9 Å². The lowest BCUT2D eigenvalue weighted by Crippen LogP contribution is -2.39. The summed E-state index contributed by atoms with van der Waals surface area (Å²) in [4.78, 5) is 27.0. The highest BCUT2D eigenvalue weighted by atomic mass is 32.2. The summed E-state index contributed by atoms with van der Waals surface area (Å²) in [5.74, 6) is 2.46. The minimum atomic E-state index is 0.337. The molecule has 1 amide bonds. The Balaban J connectivity index is 1.28. The molecule has 7 heteroatoms. The Hall–Kier alpha value is -1.18. The van der Waals surface area contributed by atoms with Crippen LogP contribution in [0.3, 0.4) is 0 Å². The maximum atomic E-state index is 12.9. The highest BCUT2D eigenvalue weighted by Gasteiger charge is 2.27. The second-order valence-corrected chi connectivity index (χ2v) is 10.8. The predicted molar refractivity (Wildman–Crippen MR) is 129 cm³/mol. The number of hydrogen-bond donors (Lipinski definition) is 0. The molecule has 1 saturated carbocycles. The molecular formula is C25H40N4O2S. The molecule has 0 unspecified atom stereocenters. The Labute approximate surface area is 197 Å². The number of piperidine rings is 1. The van der Waals surface area contributed by atoms with Gasteiger partial charge in [-0.3, -0.25) is 9.69 Å². The summed E-state index contributed by atoms with van der Waals surface area (Å²) in [5, 5.41) is 0.875. The number of hydrogen-bond acceptors (Lipinski definition) is 6. The molecule has 0 N–H and O–H groups in total. The molecule has 0 aromatic carbocycles. The van der Waals surface area contributed by atoms with Crippen molar-refractivity contribution in [3.63, 3.8) is 0 Å². The van der Waals surface area contributed by atoms with Crippen LogP contribution in [0.25, 0.3) is 0 Å². The van der Waals surface area contributed by atoms with Crippen LogP contribution in [0.2, 0.25) is 0 Å². The number of rotatable bonds is 8. The molecule has 32 heavy (non-hydrogen) atoms. The third-order valence-electron chi connectivity index (χ3n) is 7.38. The molecule has 1 aromatic rings. The lowest BCUT2D eigenvalue weighted by molar-refractivity contribution is -0.132. The number of carbonyl (C=O) groups is 1. The smallest absolute Gasteiger partial charge is 0.222 e. The molecular weight excluding hydrogens is 420 g/mol. The summed E-state index contributed by atoms with van der Waals surface area (Å²) in [6.07, 6.45) is 12.7. The van der Waals surface area contributed by atoms with E-state index in [9.17, 15) is 4.79 Å². The summed E-state index contributed by atoms with van der Waals surface area (Å²) in [7, 11) is 0. The number of aryl methyl sites for hydroxylation is 1. The van der Waals surface area contributed by atoms with E-state index in [4.69, 9.17) is 9.72 Å². The van der Waals surface area contributed by atoms with Crippen molar-refractivity contribution in [1.29, 1.82) is 0 Å². The molecule has 2 saturated heterocycles. The predicted octanol–water partition coefficient (Wildman–Crippen LogP) is 4.28. The first-order chi connectivity index (χ1) is 15.7. The number of nitrogens with zero attached hydrogens (tertiary/aromatic N) is 4. The highest BCUT2D eigenvalue weighted by Crippen LogP contribution is 2.31. The van der Waals surface area contributed by atoms with Crippen LogP contribution in [0, 0.1) is 12.8 Å². The number of ether oxygens (including phenoxy) is 1. The normalized spacial score (nSPS) is 23.4. The van der Waals surface area contributed by atoms with Crippen molar-refractivity contribution in [1.82, 2.24) is 19.8 Å². The van der Waals surface area contributed by atoms with E-state index in [0.717, 1.165) is 99.7 Å². The summed E-state index contributed by atoms with van der Waals surface area (Å²) < 4.78 is 5.43. The summed E-state index contributed by atoms with van der Waals surface area (Å²) in [6.45, 7) is 8.61. The Morgan fingerprint density at radius 1 is 1.12 bits per heavy atom. The van der Waals surface area contributed by atoms with Crippen molar-refractivity contribution >= 4 is 17.7 Å². The fourth-order valence-electron chi connectivity index (χ4n) is 5.40. The number of amides is 1. The largest absolute Gasteiger partial charge is 0.379 e. The molecule has 3 aliphatic rings. The molecule has 1 atom stereocenters. The zero-order chi connectivity index (χ0) is 22.2. The Kier molecular flexibility index (Phi) is 9.23. The Morgan fingerprint density at radius 3 is 2.75 bits per heavy atom. The summed E-state index contributed by atoms with van der Waals surface area (Å²) in [5.41, 5.74) is 2.31. The first-order valence-electron chi connectivity index (χ1n) is 12.7. The quantitative estimate of drug-likeness (QED) is 0.426. The Bertz CT molecular complexity index is 735. The molecule has 1 aromatic heterocycles. The van der Waals surface area contributed by atoms with E-state index in [-0.39, 0.29) is 0 Å². The van der Waals surface area contributed by atoms with E-state index < -0.39 is 0 Å². The van der Waals surface area contributed by atoms with Crippen LogP contribution in [-0.2, 0) is 9.53 Å². The van der Waals surface area contributed by atoms with Crippen LogP contribution in [0.4, 0.5) is 0 Å². The summed E-state index contributed by atoms with van der Waals surface area (Å²) >= 11 is 1.75. The van der Waals surface area contributed by atoms with Crippen LogP contribution in [0.15, 0.2) is 11.4 Å². The zero-order valence-corrected chi connectivity index (χ0v) is 20.6. The average molecular weight is 461 g/mol. The third kappa shape index (κ3) is 6.91. The number of aromatic nitrogens is 2. The van der Waals surface area contributed by atoms with Gasteiger partial charge >= 0.3 is 0 Å². The van der Waals surface area contributed by atoms with Crippen LogP contribution in [0.5, 0.6) is 0 Å². The van der Waals surface area contributed by atoms with Gasteiger partial charge < -0.3 is 9.64 Å². The van der Waals surface area contributed by atoms with Gasteiger partial charge in [0.1, 0.15) is 0 Å². The fraction of sp³-hybridized carbons (Fsp3) is 0.800. The van der Waals surface area contributed by atoms with E-state index in [2.05, 4.69) is 21.7 Å². The van der Waals surface area contributed by atoms with E-state index in [1.54, 1.807) is 11.8 Å². The molecule has 6 nitrogen and oxygen atoms in total. The van der Waals surface area contributed by atoms with Gasteiger partial charge in [-0.25, -0.2) is 9.97 Å². The number of likely N-dealkylation sites (tertiary alicyclic amines) is 1. The number of carbonyl (C=O) groups excluding carboxylic acids is 1.